The van der Waals surface area contributed by atoms with Crippen LogP contribution in [0.4, 0.5) is 5.69 Å². The number of hydrogen-bond acceptors (Lipinski definition) is 4. The molecule has 0 bridgehead atoms. The number of methoxy groups -OCH3 is 1. The fourth-order valence-corrected chi connectivity index (χ4v) is 4.27. The summed E-state index contributed by atoms with van der Waals surface area (Å²) < 4.78 is 5.16. The summed E-state index contributed by atoms with van der Waals surface area (Å²) in [6.07, 6.45) is 0.488. The Kier molecular flexibility index (Phi) is 4.74. The van der Waals surface area contributed by atoms with Gasteiger partial charge in [0.15, 0.2) is 0 Å². The van der Waals surface area contributed by atoms with Crippen molar-refractivity contribution < 1.29 is 19.1 Å². The highest BCUT2D eigenvalue weighted by Crippen LogP contribution is 2.44. The van der Waals surface area contributed by atoms with Crippen LogP contribution in [0.1, 0.15) is 35.7 Å². The van der Waals surface area contributed by atoms with Gasteiger partial charge in [-0.25, -0.2) is 0 Å². The molecule has 1 atom stereocenters. The van der Waals surface area contributed by atoms with Gasteiger partial charge < -0.3 is 15.0 Å². The van der Waals surface area contributed by atoms with Crippen LogP contribution in [0, 0.1) is 0 Å². The van der Waals surface area contributed by atoms with Gasteiger partial charge >= 0.3 is 0 Å². The third kappa shape index (κ3) is 2.85. The summed E-state index contributed by atoms with van der Waals surface area (Å²) in [4.78, 5) is 42.4. The number of carbonyl (C=O) groups is 3. The van der Waals surface area contributed by atoms with Gasteiger partial charge in [-0.1, -0.05) is 24.3 Å². The first kappa shape index (κ1) is 19.0. The molecule has 2 aliphatic rings. The van der Waals surface area contributed by atoms with E-state index in [0.29, 0.717) is 24.3 Å². The summed E-state index contributed by atoms with van der Waals surface area (Å²) >= 11 is 0. The zero-order valence-corrected chi connectivity index (χ0v) is 16.5. The summed E-state index contributed by atoms with van der Waals surface area (Å²) in [6.45, 7) is 2.44. The molecule has 2 aliphatic heterocycles. The molecule has 0 radical (unpaired) electrons. The lowest BCUT2D eigenvalue weighted by atomic mass is 9.95. The minimum Gasteiger partial charge on any atom is -0.497 e. The summed E-state index contributed by atoms with van der Waals surface area (Å²) in [5.41, 5.74) is 0.522. The van der Waals surface area contributed by atoms with E-state index in [2.05, 4.69) is 5.32 Å². The van der Waals surface area contributed by atoms with Gasteiger partial charge in [0.1, 0.15) is 5.75 Å². The lowest BCUT2D eigenvalue weighted by Crippen LogP contribution is -2.70. The molecule has 2 aromatic carbocycles. The molecular weight excluding hydrogens is 370 g/mol. The predicted molar refractivity (Wildman–Crippen MR) is 107 cm³/mol. The Hall–Kier alpha value is -3.35. The van der Waals surface area contributed by atoms with E-state index in [-0.39, 0.29) is 30.6 Å². The Morgan fingerprint density at radius 3 is 2.55 bits per heavy atom. The first-order valence-corrected chi connectivity index (χ1v) is 9.68. The summed E-state index contributed by atoms with van der Waals surface area (Å²) in [6, 6.07) is 14.4. The Morgan fingerprint density at radius 1 is 1.14 bits per heavy atom. The van der Waals surface area contributed by atoms with E-state index >= 15 is 0 Å². The SMILES string of the molecule is CCN1C(=O)c2ccccc2N2C(=O)CCC12C(=O)NCc1ccc(OC)cc1. The summed E-state index contributed by atoms with van der Waals surface area (Å²) in [7, 11) is 1.60. The highest BCUT2D eigenvalue weighted by Gasteiger charge is 2.60. The first-order chi connectivity index (χ1) is 14.0. The molecule has 2 heterocycles. The average Bonchev–Trinajstić information content (AvgIpc) is 3.11. The third-order valence-corrected chi connectivity index (χ3v) is 5.67. The van der Waals surface area contributed by atoms with Crippen LogP contribution in [-0.2, 0) is 16.1 Å². The fourth-order valence-electron chi connectivity index (χ4n) is 4.27. The number of hydrogen-bond donors (Lipinski definition) is 1. The Bertz CT molecular complexity index is 972. The van der Waals surface area contributed by atoms with Crippen molar-refractivity contribution in [2.75, 3.05) is 18.6 Å². The zero-order chi connectivity index (χ0) is 20.6. The molecular formula is C22H23N3O4. The van der Waals surface area contributed by atoms with E-state index in [4.69, 9.17) is 4.74 Å². The number of nitrogens with zero attached hydrogens (tertiary/aromatic N) is 2. The quantitative estimate of drug-likeness (QED) is 0.846. The molecule has 29 heavy (non-hydrogen) atoms. The molecule has 150 valence electrons. The van der Waals surface area contributed by atoms with Crippen molar-refractivity contribution >= 4 is 23.4 Å². The Labute approximate surface area is 169 Å². The number of para-hydroxylation sites is 1. The van der Waals surface area contributed by atoms with Gasteiger partial charge in [-0.15, -0.1) is 0 Å². The maximum Gasteiger partial charge on any atom is 0.267 e. The van der Waals surface area contributed by atoms with Crippen molar-refractivity contribution in [2.24, 2.45) is 0 Å². The van der Waals surface area contributed by atoms with Gasteiger partial charge in [-0.2, -0.15) is 0 Å². The van der Waals surface area contributed by atoms with Crippen molar-refractivity contribution in [1.29, 1.82) is 0 Å². The minimum absolute atomic E-state index is 0.150. The molecule has 0 aromatic heterocycles. The van der Waals surface area contributed by atoms with Crippen molar-refractivity contribution in [2.45, 2.75) is 32.0 Å². The molecule has 7 heteroatoms. The maximum absolute atomic E-state index is 13.4. The second-order valence-corrected chi connectivity index (χ2v) is 7.14. The van der Waals surface area contributed by atoms with Crippen LogP contribution in [0.2, 0.25) is 0 Å². The Morgan fingerprint density at radius 2 is 1.86 bits per heavy atom. The molecule has 1 saturated heterocycles. The largest absolute Gasteiger partial charge is 0.497 e. The lowest BCUT2D eigenvalue weighted by molar-refractivity contribution is -0.133. The monoisotopic (exact) mass is 393 g/mol. The molecule has 2 aromatic rings. The number of benzene rings is 2. The lowest BCUT2D eigenvalue weighted by Gasteiger charge is -2.48. The van der Waals surface area contributed by atoms with Crippen molar-refractivity contribution in [3.63, 3.8) is 0 Å². The van der Waals surface area contributed by atoms with E-state index in [9.17, 15) is 14.4 Å². The van der Waals surface area contributed by atoms with Crippen LogP contribution in [0.15, 0.2) is 48.5 Å². The molecule has 1 fully saturated rings. The van der Waals surface area contributed by atoms with Crippen LogP contribution >= 0.6 is 0 Å². The number of anilines is 1. The van der Waals surface area contributed by atoms with Gasteiger partial charge in [0.2, 0.25) is 11.6 Å². The standard InChI is InChI=1S/C22H23N3O4/c1-3-24-20(27)17-6-4-5-7-18(17)25-19(26)12-13-22(24,25)21(28)23-14-15-8-10-16(29-2)11-9-15/h4-11H,3,12-14H2,1-2H3,(H,23,28). The van der Waals surface area contributed by atoms with Crippen LogP contribution in [0.3, 0.4) is 0 Å². The molecule has 4 rings (SSSR count). The van der Waals surface area contributed by atoms with Gasteiger partial charge in [0.25, 0.3) is 11.8 Å². The normalized spacial score (nSPS) is 20.3. The number of amides is 3. The van der Waals surface area contributed by atoms with Gasteiger partial charge in [-0.3, -0.25) is 19.3 Å². The molecule has 7 nitrogen and oxygen atoms in total. The second kappa shape index (κ2) is 7.24. The van der Waals surface area contributed by atoms with E-state index in [1.807, 2.05) is 31.2 Å². The van der Waals surface area contributed by atoms with E-state index in [1.165, 1.54) is 9.80 Å². The van der Waals surface area contributed by atoms with Crippen LogP contribution < -0.4 is 15.0 Å². The minimum atomic E-state index is -1.33. The van der Waals surface area contributed by atoms with Crippen LogP contribution in [0.5, 0.6) is 5.75 Å². The predicted octanol–water partition coefficient (Wildman–Crippen LogP) is 2.31. The first-order valence-electron chi connectivity index (χ1n) is 9.68. The van der Waals surface area contributed by atoms with Crippen molar-refractivity contribution in [1.82, 2.24) is 10.2 Å². The smallest absolute Gasteiger partial charge is 0.267 e. The number of carbonyl (C=O) groups excluding carboxylic acids is 3. The molecule has 1 unspecified atom stereocenters. The molecule has 0 saturated carbocycles. The van der Waals surface area contributed by atoms with Crippen LogP contribution in [-0.4, -0.2) is 41.9 Å². The van der Waals surface area contributed by atoms with Gasteiger partial charge in [0.05, 0.1) is 18.4 Å². The number of fused-ring (bicyclic) bond motifs is 3. The van der Waals surface area contributed by atoms with Gasteiger partial charge in [-0.05, 0) is 36.8 Å². The van der Waals surface area contributed by atoms with E-state index in [0.717, 1.165) is 11.3 Å². The van der Waals surface area contributed by atoms with Crippen molar-refractivity contribution in [3.8, 4) is 5.75 Å². The zero-order valence-electron chi connectivity index (χ0n) is 16.5. The molecule has 0 spiro atoms. The fraction of sp³-hybridized carbons (Fsp3) is 0.318. The molecule has 0 aliphatic carbocycles. The number of rotatable bonds is 5. The van der Waals surface area contributed by atoms with E-state index < -0.39 is 5.66 Å². The van der Waals surface area contributed by atoms with Gasteiger partial charge in [0, 0.05) is 25.9 Å². The number of nitrogens with one attached hydrogen (secondary N) is 1. The second-order valence-electron chi connectivity index (χ2n) is 7.14. The summed E-state index contributed by atoms with van der Waals surface area (Å²) in [5.74, 6) is 0.0124. The average molecular weight is 393 g/mol. The number of ether oxygens (including phenoxy) is 1. The van der Waals surface area contributed by atoms with E-state index in [1.54, 1.807) is 31.4 Å². The Balaban J connectivity index is 1.68. The molecule has 3 amide bonds. The molecule has 1 N–H and O–H groups in total. The third-order valence-electron chi connectivity index (χ3n) is 5.67. The highest BCUT2D eigenvalue weighted by molar-refractivity contribution is 6.16. The topological polar surface area (TPSA) is 79.0 Å². The number of likely N-dealkylation sites (N-methyl/N-ethyl adjacent to an activating group) is 1. The van der Waals surface area contributed by atoms with Crippen molar-refractivity contribution in [3.05, 3.63) is 59.7 Å². The highest BCUT2D eigenvalue weighted by atomic mass is 16.5. The van der Waals surface area contributed by atoms with Crippen LogP contribution in [0.25, 0.3) is 0 Å². The maximum atomic E-state index is 13.4. The summed E-state index contributed by atoms with van der Waals surface area (Å²) in [5, 5.41) is 2.94.